The summed E-state index contributed by atoms with van der Waals surface area (Å²) in [5.74, 6) is 0.559. The molecule has 0 fully saturated rings. The van der Waals surface area contributed by atoms with E-state index < -0.39 is 0 Å². The van der Waals surface area contributed by atoms with Gasteiger partial charge in [-0.15, -0.1) is 0 Å². The van der Waals surface area contributed by atoms with Crippen LogP contribution >= 0.6 is 0 Å². The first-order chi connectivity index (χ1) is 22.5. The average Bonchev–Trinajstić information content (AvgIpc) is 3.70. The van der Waals surface area contributed by atoms with E-state index in [0.717, 1.165) is 55.4 Å². The van der Waals surface area contributed by atoms with E-state index in [4.69, 9.17) is 0 Å². The lowest BCUT2D eigenvalue weighted by atomic mass is 9.88. The molecule has 0 bridgehead atoms. The normalized spacial score (nSPS) is 13.1. The van der Waals surface area contributed by atoms with Crippen LogP contribution in [0.4, 0.5) is 0 Å². The van der Waals surface area contributed by atoms with Gasteiger partial charge in [-0.3, -0.25) is 23.6 Å². The molecule has 0 saturated heterocycles. The second-order valence-electron chi connectivity index (χ2n) is 11.9. The largest absolute Gasteiger partial charge is 0.298 e. The van der Waals surface area contributed by atoms with Crippen LogP contribution in [0.3, 0.4) is 0 Å². The van der Waals surface area contributed by atoms with Crippen molar-refractivity contribution in [2.75, 3.05) is 0 Å². The number of rotatable bonds is 8. The van der Waals surface area contributed by atoms with Crippen LogP contribution < -0.4 is 0 Å². The summed E-state index contributed by atoms with van der Waals surface area (Å²) in [6.07, 6.45) is 16.2. The molecule has 0 aliphatic rings. The molecule has 0 saturated carbocycles. The first-order valence-corrected chi connectivity index (χ1v) is 15.3. The lowest BCUT2D eigenvalue weighted by Gasteiger charge is -2.17. The Kier molecular flexibility index (Phi) is 6.78. The molecule has 0 radical (unpaired) electrons. The van der Waals surface area contributed by atoms with Crippen molar-refractivity contribution in [3.63, 3.8) is 0 Å². The highest BCUT2D eigenvalue weighted by atomic mass is 16.1. The van der Waals surface area contributed by atoms with Crippen LogP contribution in [0, 0.1) is 0 Å². The average molecular weight is 603 g/mol. The lowest BCUT2D eigenvalue weighted by Crippen LogP contribution is -2.18. The Balaban J connectivity index is 1.04. The van der Waals surface area contributed by atoms with Crippen LogP contribution in [0.2, 0.25) is 0 Å². The fourth-order valence-corrected chi connectivity index (χ4v) is 6.17. The molecule has 2 atom stereocenters. The summed E-state index contributed by atoms with van der Waals surface area (Å²) in [7, 11) is 0. The van der Waals surface area contributed by atoms with Crippen LogP contribution in [0.5, 0.6) is 0 Å². The van der Waals surface area contributed by atoms with E-state index in [1.165, 1.54) is 0 Å². The fourth-order valence-electron chi connectivity index (χ4n) is 6.17. The highest BCUT2D eigenvalue weighted by Crippen LogP contribution is 2.27. The third-order valence-corrected chi connectivity index (χ3v) is 8.88. The number of carbonyl (C=O) groups excluding carboxylic acids is 1. The summed E-state index contributed by atoms with van der Waals surface area (Å²) < 4.78 is 3.98. The van der Waals surface area contributed by atoms with Gasteiger partial charge in [0.25, 0.3) is 0 Å². The van der Waals surface area contributed by atoms with Gasteiger partial charge in [0.05, 0.1) is 23.4 Å². The molecule has 0 aliphatic heterocycles. The van der Waals surface area contributed by atoms with Crippen molar-refractivity contribution >= 4 is 39.1 Å². The van der Waals surface area contributed by atoms with Gasteiger partial charge in [0.2, 0.25) is 11.6 Å². The quantitative estimate of drug-likeness (QED) is 0.195. The number of ketones is 1. The molecule has 9 heteroatoms. The van der Waals surface area contributed by atoms with E-state index in [1.807, 2.05) is 71.7 Å². The molecule has 9 nitrogen and oxygen atoms in total. The molecular formula is C37H30N8O. The number of fused-ring (bicyclic) bond motifs is 4. The zero-order chi connectivity index (χ0) is 31.2. The second kappa shape index (κ2) is 11.3. The summed E-state index contributed by atoms with van der Waals surface area (Å²) in [4.78, 5) is 40.9. The Morgan fingerprint density at radius 2 is 1.07 bits per heavy atom. The van der Waals surface area contributed by atoms with Crippen molar-refractivity contribution in [2.24, 2.45) is 0 Å². The summed E-state index contributed by atoms with van der Waals surface area (Å²) in [6.45, 7) is 3.88. The van der Waals surface area contributed by atoms with E-state index in [2.05, 4.69) is 66.3 Å². The zero-order valence-corrected chi connectivity index (χ0v) is 25.4. The number of Topliss-reactive ketones (excluding diaryl/α,β-unsaturated/α-hetero) is 1. The number of carbonyl (C=O) groups is 1. The van der Waals surface area contributed by atoms with Gasteiger partial charge >= 0.3 is 0 Å². The number of benzene rings is 2. The summed E-state index contributed by atoms with van der Waals surface area (Å²) in [5, 5.41) is 2.20. The van der Waals surface area contributed by atoms with Gasteiger partial charge in [-0.05, 0) is 58.7 Å². The zero-order valence-electron chi connectivity index (χ0n) is 25.4. The fraction of sp³-hybridized carbons (Fsp3) is 0.162. The van der Waals surface area contributed by atoms with Crippen molar-refractivity contribution in [1.29, 1.82) is 0 Å². The Bertz CT molecular complexity index is 2240. The van der Waals surface area contributed by atoms with Crippen LogP contribution in [0.25, 0.3) is 33.4 Å². The minimum atomic E-state index is -0.377. The molecule has 2 unspecified atom stereocenters. The lowest BCUT2D eigenvalue weighted by molar-refractivity contribution is -0.121. The van der Waals surface area contributed by atoms with Gasteiger partial charge in [0, 0.05) is 84.0 Å². The first kappa shape index (κ1) is 27.7. The maximum Gasteiger partial charge on any atom is 0.233 e. The summed E-state index contributed by atoms with van der Waals surface area (Å²) in [6, 6.07) is 20.6. The van der Waals surface area contributed by atoms with Gasteiger partial charge in [0.15, 0.2) is 0 Å². The highest BCUT2D eigenvalue weighted by molar-refractivity contribution is 5.91. The van der Waals surface area contributed by atoms with E-state index in [-0.39, 0.29) is 17.6 Å². The minimum absolute atomic E-state index is 0.0923. The number of imidazole rings is 2. The van der Waals surface area contributed by atoms with Crippen molar-refractivity contribution in [3.8, 4) is 0 Å². The predicted molar refractivity (Wildman–Crippen MR) is 177 cm³/mol. The minimum Gasteiger partial charge on any atom is -0.298 e. The van der Waals surface area contributed by atoms with E-state index in [0.29, 0.717) is 24.4 Å². The standard InChI is InChI=1S/C37H30N8O/c1-23(29-17-40-36-42-19-31(44(36)21-29)15-25-7-9-33-27(13-25)5-3-11-38-33)35(46)24(2)30-18-41-37-43-20-32(45(37)22-30)16-26-8-10-34-28(14-26)6-4-12-39-34/h3-14,17-24H,15-16H2,1-2H3. The third kappa shape index (κ3) is 5.05. The summed E-state index contributed by atoms with van der Waals surface area (Å²) >= 11 is 0. The van der Waals surface area contributed by atoms with Crippen LogP contribution in [0.15, 0.2) is 110 Å². The van der Waals surface area contributed by atoms with Gasteiger partial charge in [-0.2, -0.15) is 0 Å². The number of hydrogen-bond donors (Lipinski definition) is 0. The van der Waals surface area contributed by atoms with Gasteiger partial charge in [0.1, 0.15) is 5.78 Å². The van der Waals surface area contributed by atoms with E-state index in [9.17, 15) is 4.79 Å². The molecule has 6 aromatic heterocycles. The Labute approximate surface area is 264 Å². The number of pyridine rings is 2. The summed E-state index contributed by atoms with van der Waals surface area (Å²) in [5.41, 5.74) is 7.95. The van der Waals surface area contributed by atoms with Gasteiger partial charge < -0.3 is 0 Å². The molecule has 0 aliphatic carbocycles. The van der Waals surface area contributed by atoms with Crippen LogP contribution in [-0.2, 0) is 17.6 Å². The van der Waals surface area contributed by atoms with E-state index >= 15 is 0 Å². The Morgan fingerprint density at radius 1 is 0.609 bits per heavy atom. The molecular weight excluding hydrogens is 572 g/mol. The Hall–Kier alpha value is -5.83. The molecule has 6 heterocycles. The van der Waals surface area contributed by atoms with Crippen LogP contribution in [0.1, 0.15) is 59.3 Å². The van der Waals surface area contributed by atoms with Gasteiger partial charge in [-0.25, -0.2) is 19.9 Å². The second-order valence-corrected chi connectivity index (χ2v) is 11.9. The van der Waals surface area contributed by atoms with Crippen molar-refractivity contribution in [3.05, 3.63) is 144 Å². The SMILES string of the molecule is CC(C(=O)C(C)c1cnc2ncc(Cc3ccc4ncccc4c3)n2c1)c1cnc2ncc(Cc3ccc4ncccc4c3)n2c1. The maximum atomic E-state index is 13.9. The van der Waals surface area contributed by atoms with Gasteiger partial charge in [-0.1, -0.05) is 38.1 Å². The number of nitrogens with zero attached hydrogens (tertiary/aromatic N) is 8. The molecule has 46 heavy (non-hydrogen) atoms. The number of aromatic nitrogens is 8. The molecule has 0 N–H and O–H groups in total. The third-order valence-electron chi connectivity index (χ3n) is 8.88. The maximum absolute atomic E-state index is 13.9. The number of hydrogen-bond acceptors (Lipinski definition) is 7. The highest BCUT2D eigenvalue weighted by Gasteiger charge is 2.25. The topological polar surface area (TPSA) is 103 Å². The van der Waals surface area contributed by atoms with Crippen molar-refractivity contribution in [2.45, 2.75) is 38.5 Å². The predicted octanol–water partition coefficient (Wildman–Crippen LogP) is 6.53. The monoisotopic (exact) mass is 602 g/mol. The molecule has 8 rings (SSSR count). The van der Waals surface area contributed by atoms with E-state index in [1.54, 1.807) is 24.8 Å². The molecule has 2 aromatic carbocycles. The van der Waals surface area contributed by atoms with Crippen LogP contribution in [-0.4, -0.2) is 44.5 Å². The molecule has 8 aromatic rings. The molecule has 224 valence electrons. The molecule has 0 amide bonds. The Morgan fingerprint density at radius 3 is 1.54 bits per heavy atom. The van der Waals surface area contributed by atoms with Crippen molar-refractivity contribution in [1.82, 2.24) is 38.7 Å². The van der Waals surface area contributed by atoms with Crippen molar-refractivity contribution < 1.29 is 4.79 Å². The smallest absolute Gasteiger partial charge is 0.233 e. The molecule has 0 spiro atoms. The first-order valence-electron chi connectivity index (χ1n) is 15.3.